The molecule has 0 unspecified atom stereocenters. The monoisotopic (exact) mass is 454 g/mol. The maximum Gasteiger partial charge on any atom is 0.268 e. The lowest BCUT2D eigenvalue weighted by Crippen LogP contribution is -2.65. The van der Waals surface area contributed by atoms with E-state index in [1.54, 1.807) is 30.5 Å². The number of anilines is 1. The number of hydrogen-bond donors (Lipinski definition) is 2. The lowest BCUT2D eigenvalue weighted by Gasteiger charge is -2.19. The summed E-state index contributed by atoms with van der Waals surface area (Å²) in [7, 11) is 0. The number of imide groups is 1. The van der Waals surface area contributed by atoms with Crippen LogP contribution in [0.25, 0.3) is 0 Å². The van der Waals surface area contributed by atoms with Gasteiger partial charge in [-0.1, -0.05) is 44.5 Å². The van der Waals surface area contributed by atoms with E-state index in [9.17, 15) is 9.59 Å². The smallest absolute Gasteiger partial charge is 0.268 e. The van der Waals surface area contributed by atoms with Gasteiger partial charge in [0.15, 0.2) is 6.26 Å². The standard InChI is InChI=1S/C23H20ClN3O3S/c1-23(2,3)14-6-8-16(9-7-14)31-26-18-11-10-17(24)19-20(18)22(29)27(21(19)28)15-5-4-12-25-30-13-15/h4-13,26H,1-3H3/p+1. The van der Waals surface area contributed by atoms with Crippen molar-refractivity contribution in [3.05, 3.63) is 82.2 Å². The Morgan fingerprint density at radius 3 is 2.45 bits per heavy atom. The first-order valence-electron chi connectivity index (χ1n) is 9.63. The molecule has 0 radical (unpaired) electrons. The van der Waals surface area contributed by atoms with Crippen LogP contribution in [-0.2, 0) is 10.3 Å². The minimum atomic E-state index is -0.491. The summed E-state index contributed by atoms with van der Waals surface area (Å²) >= 11 is 7.66. The third-order valence-corrected chi connectivity index (χ3v) is 6.07. The maximum absolute atomic E-state index is 13.2. The van der Waals surface area contributed by atoms with Gasteiger partial charge >= 0.3 is 0 Å². The van der Waals surface area contributed by atoms with Gasteiger partial charge in [-0.05, 0) is 58.4 Å². The Morgan fingerprint density at radius 1 is 1.03 bits per heavy atom. The van der Waals surface area contributed by atoms with Crippen LogP contribution >= 0.6 is 23.5 Å². The number of rotatable bonds is 4. The minimum absolute atomic E-state index is 0.0714. The normalized spacial score (nSPS) is 15.5. The Balaban J connectivity index is 1.61. The van der Waals surface area contributed by atoms with Crippen LogP contribution in [0.5, 0.6) is 0 Å². The van der Waals surface area contributed by atoms with E-state index in [4.69, 9.17) is 16.4 Å². The molecule has 2 amide bonds. The van der Waals surface area contributed by atoms with E-state index in [0.29, 0.717) is 11.4 Å². The highest BCUT2D eigenvalue weighted by molar-refractivity contribution is 8.00. The van der Waals surface area contributed by atoms with Crippen molar-refractivity contribution < 1.29 is 19.6 Å². The number of carbonyl (C=O) groups is 2. The fourth-order valence-electron chi connectivity index (χ4n) is 3.27. The molecule has 2 N–H and O–H groups in total. The molecule has 0 saturated carbocycles. The second kappa shape index (κ2) is 8.24. The molecule has 2 heterocycles. The highest BCUT2D eigenvalue weighted by Crippen LogP contribution is 2.38. The van der Waals surface area contributed by atoms with E-state index in [1.807, 2.05) is 12.1 Å². The Labute approximate surface area is 189 Å². The van der Waals surface area contributed by atoms with Crippen molar-refractivity contribution >= 4 is 47.3 Å². The van der Waals surface area contributed by atoms with Gasteiger partial charge in [-0.15, -0.1) is 0 Å². The van der Waals surface area contributed by atoms with Gasteiger partial charge in [0, 0.05) is 11.0 Å². The SMILES string of the molecule is CC(C)(C)c1ccc(SNc2ccc(Cl)c3c2C(=O)N(C2=CO[NH+]=CC=C2)C3=O)cc1. The molecule has 31 heavy (non-hydrogen) atoms. The molecule has 0 aliphatic carbocycles. The number of amides is 2. The summed E-state index contributed by atoms with van der Waals surface area (Å²) in [5.41, 5.74) is 2.55. The van der Waals surface area contributed by atoms with Crippen LogP contribution in [0.15, 0.2) is 65.4 Å². The molecule has 0 spiro atoms. The molecule has 2 aromatic rings. The zero-order valence-corrected chi connectivity index (χ0v) is 18.8. The number of nitrogens with zero attached hydrogens (tertiary/aromatic N) is 1. The average Bonchev–Trinajstić information content (AvgIpc) is 2.90. The summed E-state index contributed by atoms with van der Waals surface area (Å²) in [6.07, 6.45) is 6.09. The lowest BCUT2D eigenvalue weighted by molar-refractivity contribution is -0.728. The fraction of sp³-hybridized carbons (Fsp3) is 0.174. The summed E-state index contributed by atoms with van der Waals surface area (Å²) in [5.74, 6) is -0.954. The minimum Gasteiger partial charge on any atom is -0.325 e. The third-order valence-electron chi connectivity index (χ3n) is 4.92. The number of benzene rings is 2. The largest absolute Gasteiger partial charge is 0.325 e. The first kappa shape index (κ1) is 21.2. The van der Waals surface area contributed by atoms with E-state index < -0.39 is 11.8 Å². The summed E-state index contributed by atoms with van der Waals surface area (Å²) in [6.45, 7) is 6.49. The molecule has 8 heteroatoms. The van der Waals surface area contributed by atoms with Crippen molar-refractivity contribution in [2.45, 2.75) is 31.1 Å². The van der Waals surface area contributed by atoms with Crippen molar-refractivity contribution in [2.75, 3.05) is 4.72 Å². The van der Waals surface area contributed by atoms with Gasteiger partial charge in [0.2, 0.25) is 6.21 Å². The molecular weight excluding hydrogens is 434 g/mol. The predicted molar refractivity (Wildman–Crippen MR) is 122 cm³/mol. The number of hydrogen-bond acceptors (Lipinski definition) is 5. The van der Waals surface area contributed by atoms with Gasteiger partial charge in [-0.2, -0.15) is 0 Å². The molecule has 2 aliphatic heterocycles. The zero-order chi connectivity index (χ0) is 22.2. The van der Waals surface area contributed by atoms with Crippen LogP contribution in [0, 0.1) is 0 Å². The van der Waals surface area contributed by atoms with Crippen LogP contribution in [0.3, 0.4) is 0 Å². The van der Waals surface area contributed by atoms with E-state index >= 15 is 0 Å². The summed E-state index contributed by atoms with van der Waals surface area (Å²) in [5, 5.41) is 2.77. The zero-order valence-electron chi connectivity index (χ0n) is 17.2. The van der Waals surface area contributed by atoms with Crippen molar-refractivity contribution in [3.63, 3.8) is 0 Å². The molecule has 2 aliphatic rings. The molecule has 6 nitrogen and oxygen atoms in total. The van der Waals surface area contributed by atoms with Crippen LogP contribution < -0.4 is 9.88 Å². The maximum atomic E-state index is 13.2. The van der Waals surface area contributed by atoms with E-state index in [-0.39, 0.29) is 21.6 Å². The highest BCUT2D eigenvalue weighted by Gasteiger charge is 2.41. The Kier molecular flexibility index (Phi) is 5.64. The molecule has 0 aromatic heterocycles. The summed E-state index contributed by atoms with van der Waals surface area (Å²) in [6, 6.07) is 11.5. The molecule has 0 bridgehead atoms. The van der Waals surface area contributed by atoms with Gasteiger partial charge in [0.05, 0.1) is 27.5 Å². The van der Waals surface area contributed by atoms with E-state index in [0.717, 1.165) is 9.80 Å². The summed E-state index contributed by atoms with van der Waals surface area (Å²) < 4.78 is 3.20. The molecule has 0 saturated heterocycles. The number of nitrogens with one attached hydrogen (secondary N) is 2. The average molecular weight is 455 g/mol. The number of carbonyl (C=O) groups excluding carboxylic acids is 2. The van der Waals surface area contributed by atoms with Gasteiger partial charge in [-0.3, -0.25) is 9.59 Å². The number of fused-ring (bicyclic) bond motifs is 1. The fourth-order valence-corrected chi connectivity index (χ4v) is 4.18. The van der Waals surface area contributed by atoms with Crippen LogP contribution in [0.2, 0.25) is 5.02 Å². The second-order valence-electron chi connectivity index (χ2n) is 8.07. The van der Waals surface area contributed by atoms with E-state index in [1.165, 1.54) is 23.8 Å². The highest BCUT2D eigenvalue weighted by atomic mass is 35.5. The van der Waals surface area contributed by atoms with Crippen molar-refractivity contribution in [1.29, 1.82) is 0 Å². The molecular formula is C23H21ClN3O3S+. The molecule has 0 atom stereocenters. The van der Waals surface area contributed by atoms with Gasteiger partial charge < -0.3 is 4.72 Å². The van der Waals surface area contributed by atoms with Gasteiger partial charge in [0.1, 0.15) is 0 Å². The number of halogens is 1. The van der Waals surface area contributed by atoms with Crippen LogP contribution in [-0.4, -0.2) is 22.9 Å². The Hall–Kier alpha value is -3.03. The van der Waals surface area contributed by atoms with Gasteiger partial charge in [-0.25, -0.2) is 9.74 Å². The van der Waals surface area contributed by atoms with Crippen molar-refractivity contribution in [3.8, 4) is 0 Å². The second-order valence-corrected chi connectivity index (χ2v) is 9.36. The third kappa shape index (κ3) is 4.11. The summed E-state index contributed by atoms with van der Waals surface area (Å²) in [4.78, 5) is 33.3. The topological polar surface area (TPSA) is 72.6 Å². The Bertz CT molecular complexity index is 1150. The molecule has 158 valence electrons. The first-order chi connectivity index (χ1) is 14.8. The van der Waals surface area contributed by atoms with E-state index in [2.05, 4.69) is 42.8 Å². The first-order valence-corrected chi connectivity index (χ1v) is 10.8. The molecule has 4 rings (SSSR count). The van der Waals surface area contributed by atoms with Gasteiger partial charge in [0.25, 0.3) is 11.8 Å². The Morgan fingerprint density at radius 2 is 1.74 bits per heavy atom. The quantitative estimate of drug-likeness (QED) is 0.542. The van der Waals surface area contributed by atoms with Crippen molar-refractivity contribution in [2.24, 2.45) is 0 Å². The predicted octanol–water partition coefficient (Wildman–Crippen LogP) is 3.85. The van der Waals surface area contributed by atoms with Crippen LogP contribution in [0.1, 0.15) is 47.1 Å². The molecule has 0 fully saturated rings. The van der Waals surface area contributed by atoms with Crippen molar-refractivity contribution in [1.82, 2.24) is 4.90 Å². The molecule has 2 aromatic carbocycles. The number of allylic oxidation sites excluding steroid dienone is 2. The van der Waals surface area contributed by atoms with Crippen LogP contribution in [0.4, 0.5) is 5.69 Å². The lowest BCUT2D eigenvalue weighted by atomic mass is 9.87.